The van der Waals surface area contributed by atoms with Gasteiger partial charge >= 0.3 is 5.97 Å². The molecule has 1 saturated heterocycles. The average molecular weight is 620 g/mol. The number of unbranched alkanes of at least 4 members (excludes halogenated alkanes) is 1. The lowest BCUT2D eigenvalue weighted by Crippen LogP contribution is -2.41. The fourth-order valence-corrected chi connectivity index (χ4v) is 7.20. The van der Waals surface area contributed by atoms with Crippen molar-refractivity contribution in [1.82, 2.24) is 0 Å². The number of ketones is 1. The van der Waals surface area contributed by atoms with Crippen molar-refractivity contribution >= 4 is 45.6 Å². The lowest BCUT2D eigenvalue weighted by molar-refractivity contribution is -0.149. The normalized spacial score (nSPS) is 19.9. The van der Waals surface area contributed by atoms with Crippen LogP contribution in [0.2, 0.25) is 0 Å². The van der Waals surface area contributed by atoms with Gasteiger partial charge in [-0.3, -0.25) is 14.6 Å². The molecule has 3 atom stereocenters. The Morgan fingerprint density at radius 1 is 1.05 bits per heavy atom. The minimum absolute atomic E-state index is 0.0206. The molecule has 2 heterocycles. The van der Waals surface area contributed by atoms with Gasteiger partial charge in [0.1, 0.15) is 0 Å². The van der Waals surface area contributed by atoms with Crippen LogP contribution in [-0.2, 0) is 23.8 Å². The molecule has 44 heavy (non-hydrogen) atoms. The Kier molecular flexibility index (Phi) is 10.6. The Labute approximate surface area is 267 Å². The number of methoxy groups -OCH3 is 1. The fraction of sp³-hybridized carbons (Fsp3) is 0.541. The minimum Gasteiger partial charge on any atom is -0.469 e. The number of fused-ring (bicyclic) bond motifs is 1. The molecular weight excluding hydrogens is 570 g/mol. The van der Waals surface area contributed by atoms with Crippen molar-refractivity contribution < 1.29 is 23.8 Å². The van der Waals surface area contributed by atoms with Gasteiger partial charge < -0.3 is 14.2 Å². The fourth-order valence-electron chi connectivity index (χ4n) is 6.06. The van der Waals surface area contributed by atoms with Gasteiger partial charge in [-0.2, -0.15) is 0 Å². The van der Waals surface area contributed by atoms with E-state index in [9.17, 15) is 9.59 Å². The predicted octanol–water partition coefficient (Wildman–Crippen LogP) is 9.02. The van der Waals surface area contributed by atoms with Crippen LogP contribution >= 0.6 is 11.8 Å². The van der Waals surface area contributed by atoms with Crippen LogP contribution in [0.5, 0.6) is 0 Å². The third-order valence-electron chi connectivity index (χ3n) is 9.52. The number of benzene rings is 2. The summed E-state index contributed by atoms with van der Waals surface area (Å²) in [4.78, 5) is 32.1. The molecule has 0 spiro atoms. The maximum Gasteiger partial charge on any atom is 0.309 e. The van der Waals surface area contributed by atoms with Crippen molar-refractivity contribution in [1.29, 1.82) is 0 Å². The molecule has 0 N–H and O–H groups in total. The molecule has 0 bridgehead atoms. The molecule has 7 heteroatoms. The monoisotopic (exact) mass is 619 g/mol. The number of ether oxygens (including phenoxy) is 3. The second-order valence-corrected chi connectivity index (χ2v) is 14.6. The number of hydrogen-bond donors (Lipinski definition) is 0. The van der Waals surface area contributed by atoms with Crippen LogP contribution in [0.1, 0.15) is 86.6 Å². The number of aliphatic imine (C=N–C) groups is 1. The zero-order chi connectivity index (χ0) is 32.4. The number of carbonyl (C=O) groups is 2. The first-order chi connectivity index (χ1) is 20.7. The molecule has 1 fully saturated rings. The van der Waals surface area contributed by atoms with Crippen molar-refractivity contribution in [3.63, 3.8) is 0 Å². The highest BCUT2D eigenvalue weighted by atomic mass is 32.2. The molecule has 0 aromatic heterocycles. The zero-order valence-electron chi connectivity index (χ0n) is 27.9. The Balaban J connectivity index is 1.48. The molecule has 0 amide bonds. The molecular formula is C37H49NO5S. The molecule has 6 nitrogen and oxygen atoms in total. The van der Waals surface area contributed by atoms with E-state index in [4.69, 9.17) is 19.2 Å². The summed E-state index contributed by atoms with van der Waals surface area (Å²) in [6.45, 7) is 20.4. The van der Waals surface area contributed by atoms with Crippen LogP contribution in [0.25, 0.3) is 16.3 Å². The summed E-state index contributed by atoms with van der Waals surface area (Å²) in [6, 6.07) is 12.9. The molecule has 0 radical (unpaired) electrons. The van der Waals surface area contributed by atoms with E-state index in [1.54, 1.807) is 18.7 Å². The summed E-state index contributed by atoms with van der Waals surface area (Å²) in [5, 5.41) is 2.29. The van der Waals surface area contributed by atoms with E-state index in [0.717, 1.165) is 51.8 Å². The van der Waals surface area contributed by atoms with Gasteiger partial charge in [0, 0.05) is 35.1 Å². The highest BCUT2D eigenvalue weighted by Gasteiger charge is 2.49. The van der Waals surface area contributed by atoms with Gasteiger partial charge in [-0.1, -0.05) is 77.1 Å². The van der Waals surface area contributed by atoms with E-state index >= 15 is 0 Å². The van der Waals surface area contributed by atoms with Gasteiger partial charge in [-0.05, 0) is 85.7 Å². The molecule has 2 aromatic rings. The topological polar surface area (TPSA) is 74.2 Å². The van der Waals surface area contributed by atoms with Crippen LogP contribution in [0.3, 0.4) is 0 Å². The summed E-state index contributed by atoms with van der Waals surface area (Å²) < 4.78 is 17.3. The van der Waals surface area contributed by atoms with Crippen LogP contribution < -0.4 is 0 Å². The number of Topliss-reactive ketones (excluding diaryl/α,β-unsaturated/α-hetero) is 1. The summed E-state index contributed by atoms with van der Waals surface area (Å²) in [7, 11) is 1.37. The maximum atomic E-state index is 13.8. The Morgan fingerprint density at radius 3 is 2.30 bits per heavy atom. The van der Waals surface area contributed by atoms with E-state index in [0.29, 0.717) is 12.0 Å². The summed E-state index contributed by atoms with van der Waals surface area (Å²) in [6.07, 6.45) is 5.39. The van der Waals surface area contributed by atoms with Gasteiger partial charge in [-0.15, -0.1) is 0 Å². The molecule has 0 unspecified atom stereocenters. The van der Waals surface area contributed by atoms with Crippen LogP contribution in [0, 0.1) is 23.7 Å². The van der Waals surface area contributed by atoms with Crippen molar-refractivity contribution in [2.24, 2.45) is 28.7 Å². The van der Waals surface area contributed by atoms with Crippen LogP contribution in [0.15, 0.2) is 64.6 Å². The maximum absolute atomic E-state index is 13.8. The zero-order valence-corrected chi connectivity index (χ0v) is 28.7. The van der Waals surface area contributed by atoms with Gasteiger partial charge in [0.15, 0.2) is 5.78 Å². The highest BCUT2D eigenvalue weighted by molar-refractivity contribution is 7.99. The third kappa shape index (κ3) is 7.21. The number of hydrogen-bond acceptors (Lipinski definition) is 7. The Morgan fingerprint density at radius 2 is 1.68 bits per heavy atom. The smallest absolute Gasteiger partial charge is 0.309 e. The standard InChI is InChI=1S/C37H49NO5S/c1-11-12-13-30(23(4)33(39)32(22(2)3)24(5)34(40)41-10)31-20-28(21-38-31)26-14-15-27-19-29(17-16-25(27)18-26)44-35-42-36(6,7)37(8,9)43-35/h14-19,21-22,24,30,32,35H,4,11-13,20H2,1-3,5-10H3/t24-,30-,32-/m1/s1. The van der Waals surface area contributed by atoms with Gasteiger partial charge in [-0.25, -0.2) is 0 Å². The average Bonchev–Trinajstić information content (AvgIpc) is 3.53. The quantitative estimate of drug-likeness (QED) is 0.165. The number of carbonyl (C=O) groups excluding carboxylic acids is 2. The van der Waals surface area contributed by atoms with Crippen molar-refractivity contribution in [2.75, 3.05) is 7.11 Å². The Bertz CT molecular complexity index is 1450. The van der Waals surface area contributed by atoms with Crippen LogP contribution in [-0.4, -0.2) is 41.4 Å². The van der Waals surface area contributed by atoms with E-state index in [1.165, 1.54) is 7.11 Å². The van der Waals surface area contributed by atoms with Crippen molar-refractivity contribution in [3.8, 4) is 0 Å². The summed E-state index contributed by atoms with van der Waals surface area (Å²) >= 11 is 1.59. The van der Waals surface area contributed by atoms with E-state index in [2.05, 4.69) is 77.6 Å². The second kappa shape index (κ2) is 13.7. The van der Waals surface area contributed by atoms with E-state index in [-0.39, 0.29) is 40.4 Å². The number of nitrogens with zero attached hydrogens (tertiary/aromatic N) is 1. The minimum atomic E-state index is -0.538. The summed E-state index contributed by atoms with van der Waals surface area (Å²) in [5.41, 5.74) is 2.69. The molecule has 2 aliphatic rings. The van der Waals surface area contributed by atoms with E-state index < -0.39 is 11.8 Å². The first kappa shape index (κ1) is 34.1. The van der Waals surface area contributed by atoms with Gasteiger partial charge in [0.25, 0.3) is 0 Å². The van der Waals surface area contributed by atoms with E-state index in [1.807, 2.05) is 20.0 Å². The largest absolute Gasteiger partial charge is 0.469 e. The molecule has 2 aliphatic heterocycles. The number of rotatable bonds is 13. The summed E-state index contributed by atoms with van der Waals surface area (Å²) in [5.74, 6) is -1.63. The van der Waals surface area contributed by atoms with Gasteiger partial charge in [0.2, 0.25) is 5.62 Å². The third-order valence-corrected chi connectivity index (χ3v) is 10.4. The SMILES string of the molecule is C=C(C(=O)[C@H](C(C)C)[C@@H](C)C(=O)OC)[C@@H](CCCC)C1=NC=C(c2ccc3cc(SC4OC(C)(C)C(C)(C)O4)ccc3c2)C1. The first-order valence-corrected chi connectivity index (χ1v) is 16.7. The molecule has 0 saturated carbocycles. The number of allylic oxidation sites excluding steroid dienone is 2. The number of thioether (sulfide) groups is 1. The van der Waals surface area contributed by atoms with Crippen molar-refractivity contribution in [2.45, 2.75) is 103 Å². The van der Waals surface area contributed by atoms with Crippen LogP contribution in [0.4, 0.5) is 0 Å². The molecule has 4 rings (SSSR count). The lowest BCUT2D eigenvalue weighted by atomic mass is 9.74. The highest BCUT2D eigenvalue weighted by Crippen LogP contribution is 2.44. The first-order valence-electron chi connectivity index (χ1n) is 15.8. The molecule has 2 aromatic carbocycles. The Hall–Kier alpha value is -2.74. The number of esters is 1. The molecule has 0 aliphatic carbocycles. The second-order valence-electron chi connectivity index (χ2n) is 13.5. The predicted molar refractivity (Wildman–Crippen MR) is 181 cm³/mol. The van der Waals surface area contributed by atoms with Crippen molar-refractivity contribution in [3.05, 3.63) is 60.3 Å². The van der Waals surface area contributed by atoms with Gasteiger partial charge in [0.05, 0.1) is 24.2 Å². The lowest BCUT2D eigenvalue weighted by Gasteiger charge is -2.30. The molecule has 238 valence electrons.